The highest BCUT2D eigenvalue weighted by Gasteiger charge is 2.41. The maximum atomic E-state index is 5.79. The molecule has 1 aromatic carbocycles. The molecule has 4 heterocycles. The number of benzene rings is 1. The van der Waals surface area contributed by atoms with Crippen molar-refractivity contribution in [1.29, 1.82) is 0 Å². The molecule has 3 aromatic rings. The number of hydrogen-bond donors (Lipinski definition) is 1. The summed E-state index contributed by atoms with van der Waals surface area (Å²) in [5.74, 6) is 1.58. The molecule has 1 fully saturated rings. The fourth-order valence-electron chi connectivity index (χ4n) is 4.82. The summed E-state index contributed by atoms with van der Waals surface area (Å²) in [4.78, 5) is 6.99. The van der Waals surface area contributed by atoms with E-state index in [2.05, 4.69) is 64.8 Å². The zero-order chi connectivity index (χ0) is 22.2. The lowest BCUT2D eigenvalue weighted by Gasteiger charge is -2.28. The Labute approximate surface area is 194 Å². The summed E-state index contributed by atoms with van der Waals surface area (Å²) < 4.78 is 13.4. The Kier molecular flexibility index (Phi) is 5.51. The minimum absolute atomic E-state index is 0.00580. The molecule has 0 amide bonds. The van der Waals surface area contributed by atoms with Gasteiger partial charge in [0, 0.05) is 35.9 Å². The van der Waals surface area contributed by atoms with Gasteiger partial charge in [0.25, 0.3) is 0 Å². The monoisotopic (exact) mass is 448 g/mol. The Morgan fingerprint density at radius 3 is 2.75 bits per heavy atom. The molecular formula is C25H28N4O2S. The van der Waals surface area contributed by atoms with Gasteiger partial charge in [-0.1, -0.05) is 19.4 Å². The minimum Gasteiger partial charge on any atom is -0.454 e. The number of pyridine rings is 1. The molecule has 0 saturated carbocycles. The van der Waals surface area contributed by atoms with E-state index in [1.54, 1.807) is 0 Å². The summed E-state index contributed by atoms with van der Waals surface area (Å²) >= 11 is 5.79. The SMILES string of the molecule is CCCCN1C(=S)N[C@@H](c2ccccn2)[C@H]1c1cc(C)n(-c2ccc3c(c2)OCO3)c1C. The third kappa shape index (κ3) is 3.50. The Hall–Kier alpha value is -3.06. The first kappa shape index (κ1) is 20.8. The molecule has 2 aromatic heterocycles. The number of nitrogens with zero attached hydrogens (tertiary/aromatic N) is 3. The Bertz CT molecular complexity index is 1140. The van der Waals surface area contributed by atoms with E-state index in [1.165, 1.54) is 17.0 Å². The van der Waals surface area contributed by atoms with E-state index >= 15 is 0 Å². The molecule has 2 aliphatic heterocycles. The van der Waals surface area contributed by atoms with Gasteiger partial charge < -0.3 is 24.3 Å². The van der Waals surface area contributed by atoms with Gasteiger partial charge in [-0.3, -0.25) is 4.98 Å². The predicted octanol–water partition coefficient (Wildman–Crippen LogP) is 4.99. The molecule has 32 heavy (non-hydrogen) atoms. The topological polar surface area (TPSA) is 51.6 Å². The Morgan fingerprint density at radius 2 is 1.97 bits per heavy atom. The molecule has 6 nitrogen and oxygen atoms in total. The second-order valence-electron chi connectivity index (χ2n) is 8.37. The van der Waals surface area contributed by atoms with Crippen molar-refractivity contribution in [3.63, 3.8) is 0 Å². The first-order valence-electron chi connectivity index (χ1n) is 11.2. The molecule has 0 unspecified atom stereocenters. The van der Waals surface area contributed by atoms with Crippen molar-refractivity contribution < 1.29 is 9.47 Å². The molecule has 0 aliphatic carbocycles. The van der Waals surface area contributed by atoms with Crippen molar-refractivity contribution in [1.82, 2.24) is 19.8 Å². The summed E-state index contributed by atoms with van der Waals surface area (Å²) in [5, 5.41) is 4.35. The van der Waals surface area contributed by atoms with Crippen LogP contribution in [-0.2, 0) is 0 Å². The fourth-order valence-corrected chi connectivity index (χ4v) is 5.15. The fraction of sp³-hybridized carbons (Fsp3) is 0.360. The van der Waals surface area contributed by atoms with Crippen LogP contribution < -0.4 is 14.8 Å². The highest BCUT2D eigenvalue weighted by molar-refractivity contribution is 7.80. The third-order valence-corrected chi connectivity index (χ3v) is 6.71. The zero-order valence-electron chi connectivity index (χ0n) is 18.7. The molecule has 1 N–H and O–H groups in total. The van der Waals surface area contributed by atoms with Gasteiger partial charge in [-0.15, -0.1) is 0 Å². The van der Waals surface area contributed by atoms with Gasteiger partial charge in [0.1, 0.15) is 0 Å². The van der Waals surface area contributed by atoms with Crippen LogP contribution in [0.1, 0.15) is 54.5 Å². The van der Waals surface area contributed by atoms with Gasteiger partial charge in [0.05, 0.1) is 17.8 Å². The normalized spacial score (nSPS) is 19.5. The van der Waals surface area contributed by atoms with Crippen LogP contribution in [0.3, 0.4) is 0 Å². The van der Waals surface area contributed by atoms with E-state index in [4.69, 9.17) is 21.7 Å². The first-order chi connectivity index (χ1) is 15.6. The average molecular weight is 449 g/mol. The number of fused-ring (bicyclic) bond motifs is 1. The van der Waals surface area contributed by atoms with E-state index in [-0.39, 0.29) is 18.9 Å². The lowest BCUT2D eigenvalue weighted by atomic mass is 9.96. The van der Waals surface area contributed by atoms with E-state index in [1.807, 2.05) is 24.4 Å². The highest BCUT2D eigenvalue weighted by atomic mass is 32.1. The van der Waals surface area contributed by atoms with Gasteiger partial charge in [0.2, 0.25) is 6.79 Å². The van der Waals surface area contributed by atoms with E-state index in [9.17, 15) is 0 Å². The number of aromatic nitrogens is 2. The van der Waals surface area contributed by atoms with Crippen LogP contribution in [0.25, 0.3) is 5.69 Å². The average Bonchev–Trinajstić information content (AvgIpc) is 3.48. The molecule has 166 valence electrons. The van der Waals surface area contributed by atoms with Crippen molar-refractivity contribution >= 4 is 17.3 Å². The van der Waals surface area contributed by atoms with Crippen LogP contribution in [0, 0.1) is 13.8 Å². The number of hydrogen-bond acceptors (Lipinski definition) is 4. The number of nitrogens with one attached hydrogen (secondary N) is 1. The van der Waals surface area contributed by atoms with Crippen molar-refractivity contribution in [2.75, 3.05) is 13.3 Å². The molecule has 0 radical (unpaired) electrons. The smallest absolute Gasteiger partial charge is 0.231 e. The highest BCUT2D eigenvalue weighted by Crippen LogP contribution is 2.42. The Balaban J connectivity index is 1.59. The second-order valence-corrected chi connectivity index (χ2v) is 8.76. The number of thiocarbonyl (C=S) groups is 1. The quantitative estimate of drug-likeness (QED) is 0.536. The van der Waals surface area contributed by atoms with Crippen molar-refractivity contribution in [3.8, 4) is 17.2 Å². The standard InChI is InChI=1S/C25H28N4O2S/c1-4-5-12-28-24(23(27-25(28)32)20-8-6-7-11-26-20)19-13-16(2)29(17(19)3)18-9-10-21-22(14-18)31-15-30-21/h6-11,13-14,23-24H,4-5,12,15H2,1-3H3,(H,27,32)/t23-,24+/m0/s1. The largest absolute Gasteiger partial charge is 0.454 e. The summed E-state index contributed by atoms with van der Waals surface area (Å²) in [5.41, 5.74) is 5.70. The predicted molar refractivity (Wildman–Crippen MR) is 128 cm³/mol. The van der Waals surface area contributed by atoms with Gasteiger partial charge in [-0.25, -0.2) is 0 Å². The molecule has 2 aliphatic rings. The van der Waals surface area contributed by atoms with Gasteiger partial charge >= 0.3 is 0 Å². The molecule has 2 atom stereocenters. The van der Waals surface area contributed by atoms with E-state index < -0.39 is 0 Å². The van der Waals surface area contributed by atoms with Gasteiger partial charge in [-0.05, 0) is 68.4 Å². The van der Waals surface area contributed by atoms with Crippen molar-refractivity contribution in [2.45, 2.75) is 45.7 Å². The summed E-state index contributed by atoms with van der Waals surface area (Å²) in [6, 6.07) is 14.6. The van der Waals surface area contributed by atoms with Gasteiger partial charge in [0.15, 0.2) is 16.6 Å². The van der Waals surface area contributed by atoms with E-state index in [0.29, 0.717) is 0 Å². The summed E-state index contributed by atoms with van der Waals surface area (Å²) in [6.45, 7) is 7.74. The summed E-state index contributed by atoms with van der Waals surface area (Å²) in [6.07, 6.45) is 4.06. The van der Waals surface area contributed by atoms with Crippen LogP contribution >= 0.6 is 12.2 Å². The maximum Gasteiger partial charge on any atom is 0.231 e. The van der Waals surface area contributed by atoms with Gasteiger partial charge in [-0.2, -0.15) is 0 Å². The van der Waals surface area contributed by atoms with Crippen molar-refractivity contribution in [2.24, 2.45) is 0 Å². The minimum atomic E-state index is 0.00580. The van der Waals surface area contributed by atoms with Crippen LogP contribution in [0.5, 0.6) is 11.5 Å². The maximum absolute atomic E-state index is 5.79. The number of ether oxygens (including phenoxy) is 2. The van der Waals surface area contributed by atoms with Crippen LogP contribution in [-0.4, -0.2) is 32.9 Å². The molecule has 7 heteroatoms. The number of unbranched alkanes of at least 4 members (excludes halogenated alkanes) is 1. The lowest BCUT2D eigenvalue weighted by molar-refractivity contribution is 0.174. The molecular weight excluding hydrogens is 420 g/mol. The van der Waals surface area contributed by atoms with Crippen LogP contribution in [0.2, 0.25) is 0 Å². The van der Waals surface area contributed by atoms with Crippen molar-refractivity contribution in [3.05, 3.63) is 71.3 Å². The molecule has 0 bridgehead atoms. The second kappa shape index (κ2) is 8.47. The Morgan fingerprint density at radius 1 is 1.12 bits per heavy atom. The van der Waals surface area contributed by atoms with E-state index in [0.717, 1.165) is 47.4 Å². The summed E-state index contributed by atoms with van der Waals surface area (Å²) in [7, 11) is 0. The number of rotatable bonds is 6. The third-order valence-electron chi connectivity index (χ3n) is 6.35. The van der Waals surface area contributed by atoms with Crippen LogP contribution in [0.4, 0.5) is 0 Å². The molecule has 1 saturated heterocycles. The number of aryl methyl sites for hydroxylation is 1. The molecule has 5 rings (SSSR count). The lowest BCUT2D eigenvalue weighted by Crippen LogP contribution is -2.30. The van der Waals surface area contributed by atoms with Crippen LogP contribution in [0.15, 0.2) is 48.7 Å². The first-order valence-corrected chi connectivity index (χ1v) is 11.6. The molecule has 0 spiro atoms. The zero-order valence-corrected chi connectivity index (χ0v) is 19.5.